The van der Waals surface area contributed by atoms with E-state index in [1.807, 2.05) is 19.3 Å². The molecule has 0 aromatic carbocycles. The normalized spacial score (nSPS) is 10.8. The molecule has 1 aromatic heterocycles. The predicted molar refractivity (Wildman–Crippen MR) is 54.5 cm³/mol. The molecule has 1 aromatic rings. The Kier molecular flexibility index (Phi) is 3.87. The molecule has 2 nitrogen and oxygen atoms in total. The van der Waals surface area contributed by atoms with Gasteiger partial charge in [0, 0.05) is 12.4 Å². The van der Waals surface area contributed by atoms with Gasteiger partial charge in [0.05, 0.1) is 11.4 Å². The summed E-state index contributed by atoms with van der Waals surface area (Å²) in [6, 6.07) is 0. The Bertz CT molecular complexity index is 239. The zero-order valence-corrected chi connectivity index (χ0v) is 8.75. The summed E-state index contributed by atoms with van der Waals surface area (Å²) in [7, 11) is 0. The van der Waals surface area contributed by atoms with Crippen molar-refractivity contribution in [2.75, 3.05) is 0 Å². The molecule has 0 unspecified atom stereocenters. The van der Waals surface area contributed by atoms with E-state index in [0.29, 0.717) is 0 Å². The smallest absolute Gasteiger partial charge is 0.0586 e. The van der Waals surface area contributed by atoms with E-state index >= 15 is 0 Å². The van der Waals surface area contributed by atoms with Gasteiger partial charge in [-0.15, -0.1) is 0 Å². The van der Waals surface area contributed by atoms with E-state index in [-0.39, 0.29) is 0 Å². The van der Waals surface area contributed by atoms with Gasteiger partial charge >= 0.3 is 0 Å². The molecule has 13 heavy (non-hydrogen) atoms. The lowest BCUT2D eigenvalue weighted by Gasteiger charge is -2.03. The van der Waals surface area contributed by atoms with Crippen LogP contribution in [0.5, 0.6) is 0 Å². The van der Waals surface area contributed by atoms with Crippen LogP contribution in [0.1, 0.15) is 38.1 Å². The highest BCUT2D eigenvalue weighted by Crippen LogP contribution is 2.07. The van der Waals surface area contributed by atoms with Gasteiger partial charge in [-0.2, -0.15) is 0 Å². The maximum atomic E-state index is 4.31. The molecule has 0 saturated heterocycles. The minimum Gasteiger partial charge on any atom is -0.258 e. The lowest BCUT2D eigenvalue weighted by atomic mass is 10.1. The van der Waals surface area contributed by atoms with Gasteiger partial charge < -0.3 is 0 Å². The summed E-state index contributed by atoms with van der Waals surface area (Å²) in [4.78, 5) is 8.53. The Balaban J connectivity index is 2.33. The number of rotatable bonds is 4. The lowest BCUT2D eigenvalue weighted by Crippen LogP contribution is -1.95. The molecule has 1 rings (SSSR count). The monoisotopic (exact) mass is 178 g/mol. The second kappa shape index (κ2) is 4.95. The first-order valence-electron chi connectivity index (χ1n) is 4.96. The van der Waals surface area contributed by atoms with Crippen LogP contribution in [0.2, 0.25) is 0 Å². The average Bonchev–Trinajstić information content (AvgIpc) is 2.08. The summed E-state index contributed by atoms with van der Waals surface area (Å²) >= 11 is 0. The van der Waals surface area contributed by atoms with Crippen LogP contribution in [0, 0.1) is 12.8 Å². The first-order chi connectivity index (χ1) is 6.18. The quantitative estimate of drug-likeness (QED) is 0.708. The van der Waals surface area contributed by atoms with Gasteiger partial charge in [-0.25, -0.2) is 0 Å². The number of nitrogens with zero attached hydrogens (tertiary/aromatic N) is 2. The third-order valence-electron chi connectivity index (χ3n) is 2.05. The minimum atomic E-state index is 0.790. The summed E-state index contributed by atoms with van der Waals surface area (Å²) in [5.74, 6) is 0.790. The molecular weight excluding hydrogens is 160 g/mol. The molecule has 2 heteroatoms. The SMILES string of the molecule is Cc1cnc(CCCC(C)C)cn1. The van der Waals surface area contributed by atoms with Gasteiger partial charge in [0.15, 0.2) is 0 Å². The van der Waals surface area contributed by atoms with Gasteiger partial charge in [0.1, 0.15) is 0 Å². The fraction of sp³-hybridized carbons (Fsp3) is 0.636. The maximum absolute atomic E-state index is 4.31. The summed E-state index contributed by atoms with van der Waals surface area (Å²) in [5, 5.41) is 0. The van der Waals surface area contributed by atoms with Crippen LogP contribution in [0.3, 0.4) is 0 Å². The van der Waals surface area contributed by atoms with Gasteiger partial charge in [-0.05, 0) is 25.7 Å². The molecule has 0 aliphatic carbocycles. The first-order valence-corrected chi connectivity index (χ1v) is 4.96. The van der Waals surface area contributed by atoms with Crippen LogP contribution in [0.25, 0.3) is 0 Å². The van der Waals surface area contributed by atoms with Gasteiger partial charge in [-0.1, -0.05) is 20.3 Å². The van der Waals surface area contributed by atoms with E-state index in [1.165, 1.54) is 12.8 Å². The molecule has 0 fully saturated rings. The van der Waals surface area contributed by atoms with Gasteiger partial charge in [0.2, 0.25) is 0 Å². The van der Waals surface area contributed by atoms with Crippen molar-refractivity contribution in [3.05, 3.63) is 23.8 Å². The Labute approximate surface area is 80.4 Å². The first kappa shape index (κ1) is 10.2. The van der Waals surface area contributed by atoms with E-state index in [0.717, 1.165) is 23.7 Å². The molecule has 72 valence electrons. The summed E-state index contributed by atoms with van der Waals surface area (Å²) in [6.07, 6.45) is 7.27. The van der Waals surface area contributed by atoms with Gasteiger partial charge in [-0.3, -0.25) is 9.97 Å². The van der Waals surface area contributed by atoms with Crippen molar-refractivity contribution in [3.63, 3.8) is 0 Å². The number of aryl methyl sites for hydroxylation is 2. The molecule has 0 radical (unpaired) electrons. The minimum absolute atomic E-state index is 0.790. The van der Waals surface area contributed by atoms with Crippen LogP contribution in [-0.2, 0) is 6.42 Å². The predicted octanol–water partition coefficient (Wildman–Crippen LogP) is 2.76. The van der Waals surface area contributed by atoms with E-state index < -0.39 is 0 Å². The Morgan fingerprint density at radius 1 is 1.23 bits per heavy atom. The van der Waals surface area contributed by atoms with Crippen molar-refractivity contribution in [3.8, 4) is 0 Å². The van der Waals surface area contributed by atoms with E-state index in [1.54, 1.807) is 0 Å². The van der Waals surface area contributed by atoms with Crippen LogP contribution < -0.4 is 0 Å². The third-order valence-corrected chi connectivity index (χ3v) is 2.05. The third kappa shape index (κ3) is 4.02. The highest BCUT2D eigenvalue weighted by Gasteiger charge is 1.97. The largest absolute Gasteiger partial charge is 0.258 e. The zero-order chi connectivity index (χ0) is 9.68. The molecule has 0 saturated carbocycles. The summed E-state index contributed by atoms with van der Waals surface area (Å²) < 4.78 is 0. The summed E-state index contributed by atoms with van der Waals surface area (Å²) in [5.41, 5.74) is 2.11. The fourth-order valence-corrected chi connectivity index (χ4v) is 1.24. The van der Waals surface area contributed by atoms with Crippen molar-refractivity contribution in [1.29, 1.82) is 0 Å². The van der Waals surface area contributed by atoms with E-state index in [9.17, 15) is 0 Å². The Morgan fingerprint density at radius 2 is 2.00 bits per heavy atom. The highest BCUT2D eigenvalue weighted by atomic mass is 14.8. The molecule has 0 aliphatic rings. The highest BCUT2D eigenvalue weighted by molar-refractivity contribution is 5.00. The molecule has 1 heterocycles. The van der Waals surface area contributed by atoms with Gasteiger partial charge in [0.25, 0.3) is 0 Å². The molecule has 0 spiro atoms. The topological polar surface area (TPSA) is 25.8 Å². The summed E-state index contributed by atoms with van der Waals surface area (Å²) in [6.45, 7) is 6.46. The standard InChI is InChI=1S/C11H18N2/c1-9(2)5-4-6-11-8-12-10(3)7-13-11/h7-9H,4-6H2,1-3H3. The van der Waals surface area contributed by atoms with Crippen LogP contribution in [0.15, 0.2) is 12.4 Å². The van der Waals surface area contributed by atoms with E-state index in [2.05, 4.69) is 23.8 Å². The second-order valence-electron chi connectivity index (χ2n) is 3.94. The zero-order valence-electron chi connectivity index (χ0n) is 8.75. The van der Waals surface area contributed by atoms with Crippen molar-refractivity contribution in [2.45, 2.75) is 40.0 Å². The number of aromatic nitrogens is 2. The van der Waals surface area contributed by atoms with Crippen LogP contribution in [0.4, 0.5) is 0 Å². The second-order valence-corrected chi connectivity index (χ2v) is 3.94. The molecule has 0 amide bonds. The van der Waals surface area contributed by atoms with Crippen molar-refractivity contribution < 1.29 is 0 Å². The molecule has 0 N–H and O–H groups in total. The van der Waals surface area contributed by atoms with Crippen molar-refractivity contribution in [2.24, 2.45) is 5.92 Å². The lowest BCUT2D eigenvalue weighted by molar-refractivity contribution is 0.552. The Hall–Kier alpha value is -0.920. The Morgan fingerprint density at radius 3 is 2.54 bits per heavy atom. The van der Waals surface area contributed by atoms with Crippen LogP contribution in [-0.4, -0.2) is 9.97 Å². The molecule has 0 bridgehead atoms. The molecular formula is C11H18N2. The fourth-order valence-electron chi connectivity index (χ4n) is 1.24. The van der Waals surface area contributed by atoms with Crippen molar-refractivity contribution >= 4 is 0 Å². The van der Waals surface area contributed by atoms with Crippen LogP contribution >= 0.6 is 0 Å². The average molecular weight is 178 g/mol. The van der Waals surface area contributed by atoms with Crippen molar-refractivity contribution in [1.82, 2.24) is 9.97 Å². The number of hydrogen-bond donors (Lipinski definition) is 0. The number of hydrogen-bond acceptors (Lipinski definition) is 2. The molecule has 0 atom stereocenters. The molecule has 0 aliphatic heterocycles. The van der Waals surface area contributed by atoms with E-state index in [4.69, 9.17) is 0 Å². The maximum Gasteiger partial charge on any atom is 0.0586 e.